The summed E-state index contributed by atoms with van der Waals surface area (Å²) >= 11 is 0. The van der Waals surface area contributed by atoms with Crippen molar-refractivity contribution in [1.29, 1.82) is 0 Å². The second kappa shape index (κ2) is 5.48. The average Bonchev–Trinajstić information content (AvgIpc) is 2.87. The van der Waals surface area contributed by atoms with Gasteiger partial charge in [0.15, 0.2) is 0 Å². The molecule has 3 nitrogen and oxygen atoms in total. The quantitative estimate of drug-likeness (QED) is 0.791. The summed E-state index contributed by atoms with van der Waals surface area (Å²) in [7, 11) is 0. The largest absolute Gasteiger partial charge is 0.372 e. The van der Waals surface area contributed by atoms with Crippen LogP contribution in [0.5, 0.6) is 0 Å². The maximum Gasteiger partial charge on any atom is 0.0707 e. The monoisotopic (exact) mass is 226 g/mol. The summed E-state index contributed by atoms with van der Waals surface area (Å²) in [6, 6.07) is 0.778. The van der Waals surface area contributed by atoms with Gasteiger partial charge in [0.25, 0.3) is 0 Å². The number of rotatable bonds is 4. The molecule has 0 saturated carbocycles. The molecule has 16 heavy (non-hydrogen) atoms. The molecule has 94 valence electrons. The Kier molecular flexibility index (Phi) is 4.22. The predicted molar refractivity (Wildman–Crippen MR) is 66.4 cm³/mol. The number of hydrogen-bond acceptors (Lipinski definition) is 3. The van der Waals surface area contributed by atoms with Gasteiger partial charge in [-0.3, -0.25) is 4.90 Å². The fourth-order valence-corrected chi connectivity index (χ4v) is 3.18. The van der Waals surface area contributed by atoms with Crippen LogP contribution in [0, 0.1) is 5.92 Å². The Balaban J connectivity index is 1.81. The lowest BCUT2D eigenvalue weighted by Crippen LogP contribution is -2.39. The molecule has 0 aromatic carbocycles. The van der Waals surface area contributed by atoms with Gasteiger partial charge < -0.3 is 10.5 Å². The third kappa shape index (κ3) is 2.76. The van der Waals surface area contributed by atoms with Crippen LogP contribution in [0.1, 0.15) is 39.5 Å². The van der Waals surface area contributed by atoms with Crippen molar-refractivity contribution >= 4 is 0 Å². The molecule has 2 saturated heterocycles. The maximum absolute atomic E-state index is 5.93. The van der Waals surface area contributed by atoms with E-state index in [2.05, 4.69) is 18.7 Å². The molecule has 3 unspecified atom stereocenters. The molecule has 3 heteroatoms. The summed E-state index contributed by atoms with van der Waals surface area (Å²) in [5.41, 5.74) is 5.64. The van der Waals surface area contributed by atoms with Crippen LogP contribution in [0.2, 0.25) is 0 Å². The van der Waals surface area contributed by atoms with Crippen molar-refractivity contribution in [2.45, 2.75) is 57.8 Å². The Morgan fingerprint density at radius 2 is 2.00 bits per heavy atom. The lowest BCUT2D eigenvalue weighted by atomic mass is 10.0. The molecule has 2 N–H and O–H groups in total. The lowest BCUT2D eigenvalue weighted by Gasteiger charge is -2.29. The minimum absolute atomic E-state index is 0.324. The summed E-state index contributed by atoms with van der Waals surface area (Å²) < 4.78 is 5.93. The second-order valence-corrected chi connectivity index (χ2v) is 5.64. The Hall–Kier alpha value is -0.120. The molecule has 0 aromatic heterocycles. The van der Waals surface area contributed by atoms with E-state index in [4.69, 9.17) is 10.5 Å². The van der Waals surface area contributed by atoms with Crippen LogP contribution in [-0.4, -0.2) is 42.8 Å². The van der Waals surface area contributed by atoms with Gasteiger partial charge in [-0.15, -0.1) is 0 Å². The van der Waals surface area contributed by atoms with Gasteiger partial charge in [-0.05, 0) is 38.1 Å². The van der Waals surface area contributed by atoms with Gasteiger partial charge in [0.2, 0.25) is 0 Å². The highest BCUT2D eigenvalue weighted by atomic mass is 16.5. The highest BCUT2D eigenvalue weighted by molar-refractivity contribution is 4.85. The van der Waals surface area contributed by atoms with Gasteiger partial charge in [0.1, 0.15) is 0 Å². The van der Waals surface area contributed by atoms with Gasteiger partial charge in [-0.1, -0.05) is 13.8 Å². The molecule has 2 rings (SSSR count). The molecular formula is C13H26N2O. The van der Waals surface area contributed by atoms with Crippen molar-refractivity contribution in [3.63, 3.8) is 0 Å². The zero-order chi connectivity index (χ0) is 11.5. The van der Waals surface area contributed by atoms with Crippen LogP contribution in [0.25, 0.3) is 0 Å². The highest BCUT2D eigenvalue weighted by Gasteiger charge is 2.32. The summed E-state index contributed by atoms with van der Waals surface area (Å²) in [4.78, 5) is 2.63. The normalized spacial score (nSPS) is 36.4. The van der Waals surface area contributed by atoms with Crippen molar-refractivity contribution in [3.05, 3.63) is 0 Å². The van der Waals surface area contributed by atoms with Crippen LogP contribution in [-0.2, 0) is 4.74 Å². The second-order valence-electron chi connectivity index (χ2n) is 5.64. The highest BCUT2D eigenvalue weighted by Crippen LogP contribution is 2.27. The molecule has 0 spiro atoms. The Bertz CT molecular complexity index is 220. The molecule has 2 fully saturated rings. The van der Waals surface area contributed by atoms with E-state index >= 15 is 0 Å². The maximum atomic E-state index is 5.93. The number of likely N-dealkylation sites (tertiary alicyclic amines) is 1. The molecule has 2 aliphatic rings. The topological polar surface area (TPSA) is 38.5 Å². The Labute approximate surface area is 99.3 Å². The van der Waals surface area contributed by atoms with Gasteiger partial charge in [-0.25, -0.2) is 0 Å². The first-order valence-electron chi connectivity index (χ1n) is 6.80. The molecule has 2 heterocycles. The summed E-state index contributed by atoms with van der Waals surface area (Å²) in [5.74, 6) is 0.772. The zero-order valence-corrected chi connectivity index (χ0v) is 10.7. The van der Waals surface area contributed by atoms with E-state index in [1.54, 1.807) is 0 Å². The van der Waals surface area contributed by atoms with Gasteiger partial charge in [0, 0.05) is 19.1 Å². The summed E-state index contributed by atoms with van der Waals surface area (Å²) in [5, 5.41) is 0. The van der Waals surface area contributed by atoms with Crippen molar-refractivity contribution in [2.75, 3.05) is 19.6 Å². The molecule has 0 amide bonds. The Morgan fingerprint density at radius 1 is 1.25 bits per heavy atom. The van der Waals surface area contributed by atoms with Gasteiger partial charge in [-0.2, -0.15) is 0 Å². The third-order valence-corrected chi connectivity index (χ3v) is 4.08. The molecule has 0 aliphatic carbocycles. The first-order valence-corrected chi connectivity index (χ1v) is 6.80. The van der Waals surface area contributed by atoms with Gasteiger partial charge in [0.05, 0.1) is 12.2 Å². The third-order valence-electron chi connectivity index (χ3n) is 4.08. The molecule has 0 aromatic rings. The van der Waals surface area contributed by atoms with E-state index in [1.807, 2.05) is 0 Å². The Morgan fingerprint density at radius 3 is 2.62 bits per heavy atom. The first-order chi connectivity index (χ1) is 7.70. The fraction of sp³-hybridized carbons (Fsp3) is 1.00. The van der Waals surface area contributed by atoms with E-state index in [1.165, 1.54) is 25.8 Å². The SMILES string of the molecule is CC(C)C1CCCN1CC1CCC(CN)O1. The number of nitrogens with two attached hydrogens (primary N) is 1. The molecule has 0 bridgehead atoms. The minimum Gasteiger partial charge on any atom is -0.372 e. The fourth-order valence-electron chi connectivity index (χ4n) is 3.18. The predicted octanol–water partition coefficient (Wildman–Crippen LogP) is 1.61. The smallest absolute Gasteiger partial charge is 0.0707 e. The average molecular weight is 226 g/mol. The minimum atomic E-state index is 0.324. The van der Waals surface area contributed by atoms with Gasteiger partial charge >= 0.3 is 0 Å². The summed E-state index contributed by atoms with van der Waals surface area (Å²) in [6.07, 6.45) is 5.84. The van der Waals surface area contributed by atoms with Crippen molar-refractivity contribution in [3.8, 4) is 0 Å². The van der Waals surface area contributed by atoms with Crippen LogP contribution in [0.3, 0.4) is 0 Å². The standard InChI is InChI=1S/C13H26N2O/c1-10(2)13-4-3-7-15(13)9-12-6-5-11(8-14)16-12/h10-13H,3-9,14H2,1-2H3. The van der Waals surface area contributed by atoms with Crippen LogP contribution in [0.15, 0.2) is 0 Å². The van der Waals surface area contributed by atoms with Crippen molar-refractivity contribution < 1.29 is 4.74 Å². The zero-order valence-electron chi connectivity index (χ0n) is 10.7. The molecular weight excluding hydrogens is 200 g/mol. The number of ether oxygens (including phenoxy) is 1. The van der Waals surface area contributed by atoms with Crippen LogP contribution >= 0.6 is 0 Å². The van der Waals surface area contributed by atoms with E-state index in [-0.39, 0.29) is 0 Å². The lowest BCUT2D eigenvalue weighted by molar-refractivity contribution is 0.0208. The van der Waals surface area contributed by atoms with E-state index in [0.29, 0.717) is 18.8 Å². The molecule has 0 radical (unpaired) electrons. The van der Waals surface area contributed by atoms with Crippen molar-refractivity contribution in [2.24, 2.45) is 11.7 Å². The van der Waals surface area contributed by atoms with Crippen LogP contribution < -0.4 is 5.73 Å². The summed E-state index contributed by atoms with van der Waals surface area (Å²) in [6.45, 7) is 7.74. The first kappa shape index (κ1) is 12.3. The molecule has 2 aliphatic heterocycles. The van der Waals surface area contributed by atoms with E-state index in [0.717, 1.165) is 24.9 Å². The molecule has 3 atom stereocenters. The number of hydrogen-bond donors (Lipinski definition) is 1. The van der Waals surface area contributed by atoms with E-state index in [9.17, 15) is 0 Å². The number of nitrogens with zero attached hydrogens (tertiary/aromatic N) is 1. The van der Waals surface area contributed by atoms with Crippen molar-refractivity contribution in [1.82, 2.24) is 4.90 Å². The van der Waals surface area contributed by atoms with Crippen LogP contribution in [0.4, 0.5) is 0 Å². The van der Waals surface area contributed by atoms with E-state index < -0.39 is 0 Å².